The summed E-state index contributed by atoms with van der Waals surface area (Å²) in [6, 6.07) is 3.79. The van der Waals surface area contributed by atoms with Crippen molar-refractivity contribution in [2.45, 2.75) is 6.61 Å². The molecule has 2 N–H and O–H groups in total. The van der Waals surface area contributed by atoms with E-state index >= 15 is 0 Å². The Morgan fingerprint density at radius 3 is 2.57 bits per heavy atom. The lowest BCUT2D eigenvalue weighted by atomic mass is 10.2. The van der Waals surface area contributed by atoms with Crippen molar-refractivity contribution < 1.29 is 23.0 Å². The molecule has 0 atom stereocenters. The van der Waals surface area contributed by atoms with Gasteiger partial charge < -0.3 is 19.9 Å². The Hall–Kier alpha value is -2.57. The van der Waals surface area contributed by atoms with E-state index in [0.29, 0.717) is 5.69 Å². The summed E-state index contributed by atoms with van der Waals surface area (Å²) in [5.41, 5.74) is 5.92. The highest BCUT2D eigenvalue weighted by atomic mass is 19.2. The lowest BCUT2D eigenvalue weighted by molar-refractivity contribution is 0.266. The molecular formula is C14H14F2N2O3. The van der Waals surface area contributed by atoms with Gasteiger partial charge in [-0.15, -0.1) is 0 Å². The second kappa shape index (κ2) is 6.25. The van der Waals surface area contributed by atoms with Gasteiger partial charge in [-0.25, -0.2) is 13.8 Å². The zero-order valence-corrected chi connectivity index (χ0v) is 11.5. The van der Waals surface area contributed by atoms with Gasteiger partial charge in [0.2, 0.25) is 0 Å². The molecule has 1 heterocycles. The molecule has 0 aliphatic rings. The first kappa shape index (κ1) is 14.8. The number of nitrogens with two attached hydrogens (primary N) is 1. The molecular weight excluding hydrogens is 282 g/mol. The normalized spacial score (nSPS) is 10.3. The van der Waals surface area contributed by atoms with Crippen LogP contribution in [-0.2, 0) is 6.61 Å². The molecule has 2 aromatic rings. The molecule has 112 valence electrons. The number of hydrogen-bond donors (Lipinski definition) is 1. The van der Waals surface area contributed by atoms with Gasteiger partial charge in [0.1, 0.15) is 12.4 Å². The molecule has 7 heteroatoms. The lowest BCUT2D eigenvalue weighted by Crippen LogP contribution is -2.05. The monoisotopic (exact) mass is 296 g/mol. The fourth-order valence-electron chi connectivity index (χ4n) is 1.75. The minimum atomic E-state index is -1.02. The molecule has 2 rings (SSSR count). The Balaban J connectivity index is 2.28. The predicted molar refractivity (Wildman–Crippen MR) is 72.4 cm³/mol. The molecule has 0 aliphatic heterocycles. The minimum absolute atomic E-state index is 0.0398. The number of halogens is 2. The molecule has 21 heavy (non-hydrogen) atoms. The molecule has 1 aromatic carbocycles. The highest BCUT2D eigenvalue weighted by molar-refractivity contribution is 5.47. The third-order valence-corrected chi connectivity index (χ3v) is 2.78. The van der Waals surface area contributed by atoms with Gasteiger partial charge in [0.05, 0.1) is 31.7 Å². The topological polar surface area (TPSA) is 66.6 Å². The zero-order chi connectivity index (χ0) is 15.4. The predicted octanol–water partition coefficient (Wildman–Crippen LogP) is 2.54. The van der Waals surface area contributed by atoms with Crippen molar-refractivity contribution in [2.24, 2.45) is 0 Å². The fraction of sp³-hybridized carbons (Fsp3) is 0.214. The summed E-state index contributed by atoms with van der Waals surface area (Å²) in [4.78, 5) is 3.92. The second-order valence-electron chi connectivity index (χ2n) is 4.11. The first-order valence-electron chi connectivity index (χ1n) is 6.00. The number of anilines is 1. The van der Waals surface area contributed by atoms with Crippen LogP contribution in [0.5, 0.6) is 17.4 Å². The van der Waals surface area contributed by atoms with Crippen molar-refractivity contribution in [3.63, 3.8) is 0 Å². The van der Waals surface area contributed by atoms with Crippen LogP contribution in [0, 0.1) is 11.6 Å². The van der Waals surface area contributed by atoms with Crippen molar-refractivity contribution in [3.8, 4) is 17.4 Å². The minimum Gasteiger partial charge on any atom is -0.496 e. The van der Waals surface area contributed by atoms with Crippen LogP contribution in [0.4, 0.5) is 14.5 Å². The molecule has 0 unspecified atom stereocenters. The Morgan fingerprint density at radius 1 is 1.14 bits per heavy atom. The van der Waals surface area contributed by atoms with Crippen LogP contribution in [0.15, 0.2) is 24.4 Å². The van der Waals surface area contributed by atoms with Crippen LogP contribution in [0.2, 0.25) is 0 Å². The second-order valence-corrected chi connectivity index (χ2v) is 4.11. The average Bonchev–Trinajstić information content (AvgIpc) is 2.49. The summed E-state index contributed by atoms with van der Waals surface area (Å²) in [5.74, 6) is -1.40. The van der Waals surface area contributed by atoms with Crippen molar-refractivity contribution in [3.05, 3.63) is 41.6 Å². The Bertz CT molecular complexity index is 650. The van der Waals surface area contributed by atoms with Crippen molar-refractivity contribution >= 4 is 5.69 Å². The van der Waals surface area contributed by atoms with E-state index in [-0.39, 0.29) is 29.5 Å². The van der Waals surface area contributed by atoms with E-state index in [9.17, 15) is 8.78 Å². The highest BCUT2D eigenvalue weighted by Crippen LogP contribution is 2.29. The maximum Gasteiger partial charge on any atom is 0.256 e. The first-order chi connectivity index (χ1) is 10.1. The molecule has 0 saturated heterocycles. The van der Waals surface area contributed by atoms with Gasteiger partial charge in [-0.05, 0) is 12.1 Å². The van der Waals surface area contributed by atoms with Gasteiger partial charge in [0.15, 0.2) is 17.4 Å². The van der Waals surface area contributed by atoms with Crippen LogP contribution < -0.4 is 19.9 Å². The number of rotatable bonds is 5. The maximum absolute atomic E-state index is 13.8. The van der Waals surface area contributed by atoms with E-state index in [0.717, 1.165) is 6.07 Å². The van der Waals surface area contributed by atoms with Gasteiger partial charge in [-0.3, -0.25) is 0 Å². The highest BCUT2D eigenvalue weighted by Gasteiger charge is 2.16. The first-order valence-corrected chi connectivity index (χ1v) is 6.00. The molecule has 0 radical (unpaired) electrons. The fourth-order valence-corrected chi connectivity index (χ4v) is 1.75. The Labute approximate surface area is 120 Å². The van der Waals surface area contributed by atoms with E-state index in [1.807, 2.05) is 0 Å². The quantitative estimate of drug-likeness (QED) is 0.918. The van der Waals surface area contributed by atoms with Gasteiger partial charge in [0.25, 0.3) is 5.88 Å². The summed E-state index contributed by atoms with van der Waals surface area (Å²) in [6.07, 6.45) is 1.40. The molecule has 0 aliphatic carbocycles. The van der Waals surface area contributed by atoms with Crippen LogP contribution >= 0.6 is 0 Å². The third-order valence-electron chi connectivity index (χ3n) is 2.78. The summed E-state index contributed by atoms with van der Waals surface area (Å²) in [6.45, 7) is -0.256. The Kier molecular flexibility index (Phi) is 4.42. The van der Waals surface area contributed by atoms with Gasteiger partial charge in [0, 0.05) is 6.07 Å². The van der Waals surface area contributed by atoms with E-state index in [4.69, 9.17) is 19.9 Å². The van der Waals surface area contributed by atoms with Crippen molar-refractivity contribution in [1.82, 2.24) is 4.98 Å². The molecule has 0 bridgehead atoms. The number of aromatic nitrogens is 1. The zero-order valence-electron chi connectivity index (χ0n) is 11.5. The maximum atomic E-state index is 13.8. The lowest BCUT2D eigenvalue weighted by Gasteiger charge is -2.13. The van der Waals surface area contributed by atoms with Crippen molar-refractivity contribution in [1.29, 1.82) is 0 Å². The van der Waals surface area contributed by atoms with Gasteiger partial charge in [-0.2, -0.15) is 0 Å². The molecule has 0 saturated carbocycles. The number of benzene rings is 1. The number of methoxy groups -OCH3 is 2. The number of pyridine rings is 1. The Morgan fingerprint density at radius 2 is 1.90 bits per heavy atom. The third kappa shape index (κ3) is 3.13. The number of ether oxygens (including phenoxy) is 3. The number of hydrogen-bond acceptors (Lipinski definition) is 5. The van der Waals surface area contributed by atoms with Crippen LogP contribution in [0.25, 0.3) is 0 Å². The van der Waals surface area contributed by atoms with Gasteiger partial charge >= 0.3 is 0 Å². The summed E-state index contributed by atoms with van der Waals surface area (Å²) in [5, 5.41) is 0. The van der Waals surface area contributed by atoms with Gasteiger partial charge in [-0.1, -0.05) is 0 Å². The van der Waals surface area contributed by atoms with Crippen LogP contribution in [0.1, 0.15) is 5.56 Å². The molecule has 0 spiro atoms. The smallest absolute Gasteiger partial charge is 0.256 e. The standard InChI is InChI=1S/C14H14F2N2O3/c1-19-11-4-3-10(15)13(16)9(11)7-21-12-5-8(17)6-18-14(12)20-2/h3-6H,7,17H2,1-2H3. The van der Waals surface area contributed by atoms with Crippen LogP contribution in [0.3, 0.4) is 0 Å². The number of nitrogens with zero attached hydrogens (tertiary/aromatic N) is 1. The van der Waals surface area contributed by atoms with E-state index < -0.39 is 11.6 Å². The summed E-state index contributed by atoms with van der Waals surface area (Å²) < 4.78 is 42.5. The van der Waals surface area contributed by atoms with Crippen molar-refractivity contribution in [2.75, 3.05) is 20.0 Å². The van der Waals surface area contributed by atoms with E-state index in [1.165, 1.54) is 32.5 Å². The molecule has 1 aromatic heterocycles. The SMILES string of the molecule is COc1ccc(F)c(F)c1COc1cc(N)cnc1OC. The average molecular weight is 296 g/mol. The van der Waals surface area contributed by atoms with E-state index in [1.54, 1.807) is 0 Å². The molecule has 5 nitrogen and oxygen atoms in total. The molecule has 0 amide bonds. The van der Waals surface area contributed by atoms with E-state index in [2.05, 4.69) is 4.98 Å². The number of nitrogen functional groups attached to an aromatic ring is 1. The molecule has 0 fully saturated rings. The summed E-state index contributed by atoms with van der Waals surface area (Å²) in [7, 11) is 2.77. The van der Waals surface area contributed by atoms with Crippen LogP contribution in [-0.4, -0.2) is 19.2 Å². The largest absolute Gasteiger partial charge is 0.496 e. The summed E-state index contributed by atoms with van der Waals surface area (Å²) >= 11 is 0.